The summed E-state index contributed by atoms with van der Waals surface area (Å²) in [7, 11) is -1.40. The second-order valence-electron chi connectivity index (χ2n) is 6.27. The van der Waals surface area contributed by atoms with Gasteiger partial charge in [0.25, 0.3) is 0 Å². The fraction of sp³-hybridized carbons (Fsp3) is 0.647. The zero-order chi connectivity index (χ0) is 16.2. The highest BCUT2D eigenvalue weighted by molar-refractivity contribution is 7.89. The molecule has 0 aromatic heterocycles. The van der Waals surface area contributed by atoms with E-state index in [1.807, 2.05) is 13.0 Å². The Kier molecular flexibility index (Phi) is 6.01. The van der Waals surface area contributed by atoms with Crippen LogP contribution in [-0.2, 0) is 16.6 Å². The van der Waals surface area contributed by atoms with Crippen molar-refractivity contribution in [3.63, 3.8) is 0 Å². The van der Waals surface area contributed by atoms with Gasteiger partial charge in [-0.05, 0) is 31.7 Å². The van der Waals surface area contributed by atoms with Crippen molar-refractivity contribution < 1.29 is 8.42 Å². The van der Waals surface area contributed by atoms with Crippen LogP contribution in [0.1, 0.15) is 38.7 Å². The Hall–Kier alpha value is -0.910. The average Bonchev–Trinajstić information content (AvgIpc) is 2.55. The van der Waals surface area contributed by atoms with Crippen LogP contribution in [0.15, 0.2) is 30.3 Å². The molecular formula is C17H28N2O2S. The van der Waals surface area contributed by atoms with E-state index in [-0.39, 0.29) is 11.3 Å². The summed E-state index contributed by atoms with van der Waals surface area (Å²) < 4.78 is 26.5. The summed E-state index contributed by atoms with van der Waals surface area (Å²) in [5, 5.41) is -0.292. The molecule has 0 aliphatic carbocycles. The molecule has 1 aromatic rings. The molecule has 124 valence electrons. The first-order valence-electron chi connectivity index (χ1n) is 8.18. The van der Waals surface area contributed by atoms with Crippen LogP contribution in [0.3, 0.4) is 0 Å². The van der Waals surface area contributed by atoms with E-state index in [1.54, 1.807) is 18.3 Å². The SMILES string of the molecule is CCC(C)S(=O)(=O)N(C)C1CCN(Cc2ccccc2)CC1. The maximum Gasteiger partial charge on any atom is 0.216 e. The van der Waals surface area contributed by atoms with Gasteiger partial charge in [-0.3, -0.25) is 4.90 Å². The molecule has 1 aliphatic heterocycles. The molecule has 5 heteroatoms. The summed E-state index contributed by atoms with van der Waals surface area (Å²) in [4.78, 5) is 2.41. The molecule has 1 heterocycles. The molecule has 1 aromatic carbocycles. The molecule has 1 unspecified atom stereocenters. The second-order valence-corrected chi connectivity index (χ2v) is 8.68. The van der Waals surface area contributed by atoms with Crippen molar-refractivity contribution in [3.05, 3.63) is 35.9 Å². The fourth-order valence-electron chi connectivity index (χ4n) is 2.98. The summed E-state index contributed by atoms with van der Waals surface area (Å²) in [5.74, 6) is 0. The molecule has 1 atom stereocenters. The lowest BCUT2D eigenvalue weighted by Gasteiger charge is -2.37. The van der Waals surface area contributed by atoms with Gasteiger partial charge in [0.1, 0.15) is 0 Å². The first-order chi connectivity index (χ1) is 10.4. The quantitative estimate of drug-likeness (QED) is 0.808. The largest absolute Gasteiger partial charge is 0.299 e. The molecule has 1 aliphatic rings. The predicted octanol–water partition coefficient (Wildman–Crippen LogP) is 2.71. The van der Waals surface area contributed by atoms with Crippen LogP contribution in [0.5, 0.6) is 0 Å². The Morgan fingerprint density at radius 2 is 1.82 bits per heavy atom. The van der Waals surface area contributed by atoms with Crippen molar-refractivity contribution in [1.29, 1.82) is 0 Å². The molecule has 1 fully saturated rings. The number of piperidine rings is 1. The zero-order valence-corrected chi connectivity index (χ0v) is 14.7. The molecule has 0 saturated carbocycles. The minimum atomic E-state index is -3.15. The highest BCUT2D eigenvalue weighted by Crippen LogP contribution is 2.22. The average molecular weight is 324 g/mol. The van der Waals surface area contributed by atoms with Gasteiger partial charge >= 0.3 is 0 Å². The van der Waals surface area contributed by atoms with Gasteiger partial charge < -0.3 is 0 Å². The van der Waals surface area contributed by atoms with Gasteiger partial charge in [0.2, 0.25) is 10.0 Å². The smallest absolute Gasteiger partial charge is 0.216 e. The van der Waals surface area contributed by atoms with E-state index in [0.29, 0.717) is 6.42 Å². The van der Waals surface area contributed by atoms with Crippen molar-refractivity contribution in [1.82, 2.24) is 9.21 Å². The van der Waals surface area contributed by atoms with E-state index in [2.05, 4.69) is 29.2 Å². The van der Waals surface area contributed by atoms with Crippen molar-refractivity contribution in [2.24, 2.45) is 0 Å². The molecule has 2 rings (SSSR count). The molecule has 0 spiro atoms. The van der Waals surface area contributed by atoms with Gasteiger partial charge in [-0.25, -0.2) is 12.7 Å². The molecule has 0 radical (unpaired) electrons. The molecule has 22 heavy (non-hydrogen) atoms. The van der Waals surface area contributed by atoms with Crippen LogP contribution >= 0.6 is 0 Å². The Morgan fingerprint density at radius 1 is 1.23 bits per heavy atom. The minimum Gasteiger partial charge on any atom is -0.299 e. The highest BCUT2D eigenvalue weighted by atomic mass is 32.2. The van der Waals surface area contributed by atoms with Gasteiger partial charge in [-0.15, -0.1) is 0 Å². The van der Waals surface area contributed by atoms with Crippen LogP contribution < -0.4 is 0 Å². The lowest BCUT2D eigenvalue weighted by molar-refractivity contribution is 0.163. The Bertz CT molecular complexity index is 551. The standard InChI is InChI=1S/C17H28N2O2S/c1-4-15(2)22(20,21)18(3)17-10-12-19(13-11-17)14-16-8-6-5-7-9-16/h5-9,15,17H,4,10-14H2,1-3H3. The number of nitrogens with zero attached hydrogens (tertiary/aromatic N) is 2. The number of benzene rings is 1. The van der Waals surface area contributed by atoms with E-state index >= 15 is 0 Å². The van der Waals surface area contributed by atoms with Crippen LogP contribution in [0.4, 0.5) is 0 Å². The van der Waals surface area contributed by atoms with Gasteiger partial charge in [0, 0.05) is 32.7 Å². The molecule has 1 saturated heterocycles. The zero-order valence-electron chi connectivity index (χ0n) is 13.9. The fourth-order valence-corrected chi connectivity index (χ4v) is 4.60. The summed E-state index contributed by atoms with van der Waals surface area (Å²) in [6.07, 6.45) is 2.50. The van der Waals surface area contributed by atoms with Crippen molar-refractivity contribution >= 4 is 10.0 Å². The maximum absolute atomic E-state index is 12.4. The first-order valence-corrected chi connectivity index (χ1v) is 9.68. The van der Waals surface area contributed by atoms with Crippen LogP contribution in [-0.4, -0.2) is 49.1 Å². The van der Waals surface area contributed by atoms with Crippen LogP contribution in [0.2, 0.25) is 0 Å². The molecular weight excluding hydrogens is 296 g/mol. The third kappa shape index (κ3) is 4.09. The van der Waals surface area contributed by atoms with Crippen molar-refractivity contribution in [2.45, 2.75) is 50.9 Å². The van der Waals surface area contributed by atoms with E-state index in [4.69, 9.17) is 0 Å². The Balaban J connectivity index is 1.89. The van der Waals surface area contributed by atoms with E-state index < -0.39 is 10.0 Å². The summed E-state index contributed by atoms with van der Waals surface area (Å²) in [6, 6.07) is 10.6. The van der Waals surface area contributed by atoms with E-state index in [9.17, 15) is 8.42 Å². The monoisotopic (exact) mass is 324 g/mol. The van der Waals surface area contributed by atoms with Gasteiger partial charge in [-0.1, -0.05) is 37.3 Å². The predicted molar refractivity (Wildman–Crippen MR) is 91.2 cm³/mol. The number of hydrogen-bond donors (Lipinski definition) is 0. The van der Waals surface area contributed by atoms with Crippen molar-refractivity contribution in [2.75, 3.05) is 20.1 Å². The van der Waals surface area contributed by atoms with E-state index in [1.165, 1.54) is 5.56 Å². The summed E-state index contributed by atoms with van der Waals surface area (Å²) in [6.45, 7) is 6.60. The topological polar surface area (TPSA) is 40.6 Å². The van der Waals surface area contributed by atoms with Gasteiger partial charge in [0.15, 0.2) is 0 Å². The third-order valence-electron chi connectivity index (χ3n) is 4.81. The second kappa shape index (κ2) is 7.57. The third-order valence-corrected chi connectivity index (χ3v) is 7.26. The van der Waals surface area contributed by atoms with Crippen LogP contribution in [0, 0.1) is 0 Å². The molecule has 0 N–H and O–H groups in total. The van der Waals surface area contributed by atoms with E-state index in [0.717, 1.165) is 32.5 Å². The Morgan fingerprint density at radius 3 is 2.36 bits per heavy atom. The lowest BCUT2D eigenvalue weighted by Crippen LogP contribution is -2.47. The van der Waals surface area contributed by atoms with Gasteiger partial charge in [0.05, 0.1) is 5.25 Å². The number of likely N-dealkylation sites (tertiary alicyclic amines) is 1. The molecule has 0 bridgehead atoms. The maximum atomic E-state index is 12.4. The molecule has 0 amide bonds. The van der Waals surface area contributed by atoms with Gasteiger partial charge in [-0.2, -0.15) is 0 Å². The van der Waals surface area contributed by atoms with Crippen molar-refractivity contribution in [3.8, 4) is 0 Å². The highest BCUT2D eigenvalue weighted by Gasteiger charge is 2.32. The lowest BCUT2D eigenvalue weighted by atomic mass is 10.0. The summed E-state index contributed by atoms with van der Waals surface area (Å²) in [5.41, 5.74) is 1.32. The Labute approximate surface area is 135 Å². The number of hydrogen-bond acceptors (Lipinski definition) is 3. The molecule has 4 nitrogen and oxygen atoms in total. The minimum absolute atomic E-state index is 0.144. The number of rotatable bonds is 6. The summed E-state index contributed by atoms with van der Waals surface area (Å²) >= 11 is 0. The normalized spacial score (nSPS) is 19.5. The first kappa shape index (κ1) is 17.4. The van der Waals surface area contributed by atoms with Crippen LogP contribution in [0.25, 0.3) is 0 Å². The number of sulfonamides is 1.